The van der Waals surface area contributed by atoms with Crippen molar-refractivity contribution in [3.63, 3.8) is 0 Å². The number of aromatic nitrogens is 2. The number of amides is 1. The third kappa shape index (κ3) is 5.42. The molecule has 2 aromatic rings. The Morgan fingerprint density at radius 3 is 2.70 bits per heavy atom. The molecule has 0 saturated carbocycles. The van der Waals surface area contributed by atoms with Gasteiger partial charge in [-0.15, -0.1) is 10.2 Å². The minimum atomic E-state index is -0.259. The van der Waals surface area contributed by atoms with E-state index in [9.17, 15) is 9.18 Å². The summed E-state index contributed by atoms with van der Waals surface area (Å²) >= 11 is 1.38. The van der Waals surface area contributed by atoms with Crippen molar-refractivity contribution in [3.05, 3.63) is 42.2 Å². The van der Waals surface area contributed by atoms with Crippen molar-refractivity contribution in [1.82, 2.24) is 15.5 Å². The van der Waals surface area contributed by atoms with Gasteiger partial charge < -0.3 is 10.2 Å². The van der Waals surface area contributed by atoms with Crippen molar-refractivity contribution < 1.29 is 9.18 Å². The van der Waals surface area contributed by atoms with Gasteiger partial charge in [-0.2, -0.15) is 0 Å². The van der Waals surface area contributed by atoms with E-state index in [1.165, 1.54) is 23.9 Å². The van der Waals surface area contributed by atoms with E-state index >= 15 is 0 Å². The molecule has 0 spiro atoms. The molecule has 1 aliphatic rings. The van der Waals surface area contributed by atoms with Gasteiger partial charge in [0, 0.05) is 29.9 Å². The van der Waals surface area contributed by atoms with E-state index in [1.54, 1.807) is 6.07 Å². The van der Waals surface area contributed by atoms with Gasteiger partial charge in [-0.3, -0.25) is 4.79 Å². The first-order chi connectivity index (χ1) is 13.0. The molecule has 2 heterocycles. The molecule has 0 unspecified atom stereocenters. The summed E-state index contributed by atoms with van der Waals surface area (Å²) in [7, 11) is 0. The van der Waals surface area contributed by atoms with Crippen molar-refractivity contribution >= 4 is 23.5 Å². The van der Waals surface area contributed by atoms with Crippen molar-refractivity contribution in [2.75, 3.05) is 18.0 Å². The Labute approximate surface area is 163 Å². The summed E-state index contributed by atoms with van der Waals surface area (Å²) in [6, 6.07) is 10.5. The third-order valence-corrected chi connectivity index (χ3v) is 5.75. The van der Waals surface area contributed by atoms with Crippen LogP contribution in [-0.2, 0) is 4.79 Å². The summed E-state index contributed by atoms with van der Waals surface area (Å²) in [5, 5.41) is 12.4. The molecule has 27 heavy (non-hydrogen) atoms. The quantitative estimate of drug-likeness (QED) is 0.813. The summed E-state index contributed by atoms with van der Waals surface area (Å²) in [5.74, 6) is 0.798. The Bertz CT molecular complexity index is 763. The van der Waals surface area contributed by atoms with Crippen molar-refractivity contribution in [1.29, 1.82) is 0 Å². The molecule has 1 amide bonds. The summed E-state index contributed by atoms with van der Waals surface area (Å²) in [6.45, 7) is 5.70. The van der Waals surface area contributed by atoms with Crippen LogP contribution >= 0.6 is 11.8 Å². The normalized spacial score (nSPS) is 16.2. The number of nitrogens with one attached hydrogen (secondary N) is 1. The van der Waals surface area contributed by atoms with Crippen molar-refractivity contribution in [2.45, 2.75) is 49.1 Å². The van der Waals surface area contributed by atoms with Gasteiger partial charge in [-0.1, -0.05) is 24.8 Å². The maximum Gasteiger partial charge on any atom is 0.223 e. The van der Waals surface area contributed by atoms with Crippen molar-refractivity contribution in [3.8, 4) is 0 Å². The molecule has 1 atom stereocenters. The lowest BCUT2D eigenvalue weighted by atomic mass is 9.95. The van der Waals surface area contributed by atoms with Gasteiger partial charge in [0.1, 0.15) is 10.8 Å². The monoisotopic (exact) mass is 388 g/mol. The SMILES string of the molecule is CC[C@H](C)NC(=O)C1CCN(c2ccc(Sc3cccc(F)c3)nn2)CC1. The first-order valence-electron chi connectivity index (χ1n) is 9.37. The smallest absolute Gasteiger partial charge is 0.223 e. The fraction of sp³-hybridized carbons (Fsp3) is 0.450. The van der Waals surface area contributed by atoms with Crippen LogP contribution in [-0.4, -0.2) is 35.2 Å². The zero-order chi connectivity index (χ0) is 19.2. The number of rotatable bonds is 6. The summed E-state index contributed by atoms with van der Waals surface area (Å²) in [6.07, 6.45) is 2.59. The molecule has 144 valence electrons. The van der Waals surface area contributed by atoms with Gasteiger partial charge in [0.15, 0.2) is 5.82 Å². The van der Waals surface area contributed by atoms with Crippen LogP contribution < -0.4 is 10.2 Å². The van der Waals surface area contributed by atoms with Crippen LogP contribution in [0.15, 0.2) is 46.3 Å². The number of piperidine rings is 1. The number of hydrogen-bond donors (Lipinski definition) is 1. The molecule has 1 N–H and O–H groups in total. The predicted molar refractivity (Wildman–Crippen MR) is 105 cm³/mol. The van der Waals surface area contributed by atoms with Gasteiger partial charge in [0.05, 0.1) is 0 Å². The maximum atomic E-state index is 13.3. The van der Waals surface area contributed by atoms with Crippen LogP contribution in [0.4, 0.5) is 10.2 Å². The average molecular weight is 389 g/mol. The van der Waals surface area contributed by atoms with Crippen LogP contribution in [0.2, 0.25) is 0 Å². The van der Waals surface area contributed by atoms with Gasteiger partial charge in [-0.25, -0.2) is 4.39 Å². The lowest BCUT2D eigenvalue weighted by Gasteiger charge is -2.32. The van der Waals surface area contributed by atoms with E-state index in [0.29, 0.717) is 0 Å². The van der Waals surface area contributed by atoms with Crippen LogP contribution in [0.25, 0.3) is 0 Å². The van der Waals surface area contributed by atoms with Gasteiger partial charge in [-0.05, 0) is 56.5 Å². The molecule has 1 aromatic heterocycles. The Balaban J connectivity index is 1.53. The number of benzene rings is 1. The average Bonchev–Trinajstić information content (AvgIpc) is 2.68. The van der Waals surface area contributed by atoms with E-state index in [2.05, 4.69) is 27.3 Å². The first-order valence-corrected chi connectivity index (χ1v) is 10.2. The highest BCUT2D eigenvalue weighted by Crippen LogP contribution is 2.27. The summed E-state index contributed by atoms with van der Waals surface area (Å²) < 4.78 is 13.3. The maximum absolute atomic E-state index is 13.3. The molecule has 3 rings (SSSR count). The number of hydrogen-bond acceptors (Lipinski definition) is 5. The molecule has 1 saturated heterocycles. The van der Waals surface area contributed by atoms with Crippen LogP contribution in [0.3, 0.4) is 0 Å². The zero-order valence-corrected chi connectivity index (χ0v) is 16.5. The molecule has 5 nitrogen and oxygen atoms in total. The Kier molecular flexibility index (Phi) is 6.66. The molecule has 7 heteroatoms. The number of anilines is 1. The van der Waals surface area contributed by atoms with Crippen LogP contribution in [0, 0.1) is 11.7 Å². The Morgan fingerprint density at radius 2 is 2.07 bits per heavy atom. The first kappa shape index (κ1) is 19.6. The zero-order valence-electron chi connectivity index (χ0n) is 15.7. The molecule has 0 aliphatic carbocycles. The Hall–Kier alpha value is -2.15. The lowest BCUT2D eigenvalue weighted by molar-refractivity contribution is -0.126. The topological polar surface area (TPSA) is 58.1 Å². The highest BCUT2D eigenvalue weighted by Gasteiger charge is 2.26. The molecule has 1 aliphatic heterocycles. The second kappa shape index (κ2) is 9.17. The second-order valence-electron chi connectivity index (χ2n) is 6.87. The van der Waals surface area contributed by atoms with Crippen LogP contribution in [0.1, 0.15) is 33.1 Å². The fourth-order valence-corrected chi connectivity index (χ4v) is 3.80. The largest absolute Gasteiger partial charge is 0.355 e. The predicted octanol–water partition coefficient (Wildman–Crippen LogP) is 3.90. The van der Waals surface area contributed by atoms with Gasteiger partial charge in [0.25, 0.3) is 0 Å². The van der Waals surface area contributed by atoms with E-state index in [4.69, 9.17) is 0 Å². The standard InChI is InChI=1S/C20H25FN4OS/c1-3-14(2)22-20(26)15-9-11-25(12-10-15)18-7-8-19(24-23-18)27-17-6-4-5-16(21)13-17/h4-8,13-15H,3,9-12H2,1-2H3,(H,22,26)/t14-/m0/s1. The molecular formula is C20H25FN4OS. The minimum absolute atomic E-state index is 0.0750. The minimum Gasteiger partial charge on any atom is -0.355 e. The Morgan fingerprint density at radius 1 is 1.30 bits per heavy atom. The second-order valence-corrected chi connectivity index (χ2v) is 7.96. The number of carbonyl (C=O) groups excluding carboxylic acids is 1. The van der Waals surface area contributed by atoms with E-state index in [1.807, 2.05) is 25.1 Å². The molecule has 1 fully saturated rings. The highest BCUT2D eigenvalue weighted by molar-refractivity contribution is 7.99. The van der Waals surface area contributed by atoms with Crippen LogP contribution in [0.5, 0.6) is 0 Å². The van der Waals surface area contributed by atoms with E-state index in [0.717, 1.165) is 48.1 Å². The van der Waals surface area contributed by atoms with Crippen molar-refractivity contribution in [2.24, 2.45) is 5.92 Å². The van der Waals surface area contributed by atoms with E-state index < -0.39 is 0 Å². The van der Waals surface area contributed by atoms with Gasteiger partial charge >= 0.3 is 0 Å². The number of carbonyl (C=O) groups is 1. The highest BCUT2D eigenvalue weighted by atomic mass is 32.2. The summed E-state index contributed by atoms with van der Waals surface area (Å²) in [4.78, 5) is 15.2. The number of nitrogens with zero attached hydrogens (tertiary/aromatic N) is 3. The summed E-state index contributed by atoms with van der Waals surface area (Å²) in [5.41, 5.74) is 0. The van der Waals surface area contributed by atoms with Gasteiger partial charge in [0.2, 0.25) is 5.91 Å². The fourth-order valence-electron chi connectivity index (χ4n) is 3.02. The third-order valence-electron chi connectivity index (χ3n) is 4.84. The molecule has 1 aromatic carbocycles. The molecular weight excluding hydrogens is 363 g/mol. The van der Waals surface area contributed by atoms with E-state index in [-0.39, 0.29) is 23.7 Å². The molecule has 0 radical (unpaired) electrons. The number of halogens is 1. The lowest BCUT2D eigenvalue weighted by Crippen LogP contribution is -2.43. The molecule has 0 bridgehead atoms.